The van der Waals surface area contributed by atoms with Crippen molar-refractivity contribution in [1.82, 2.24) is 0 Å². The van der Waals surface area contributed by atoms with Crippen LogP contribution in [0, 0.1) is 16.0 Å². The zero-order valence-electron chi connectivity index (χ0n) is 14.7. The lowest BCUT2D eigenvalue weighted by Crippen LogP contribution is -2.18. The Hall–Kier alpha value is -2.64. The normalized spacial score (nSPS) is 18.9. The molecular formula is C19H19ClN2O5. The summed E-state index contributed by atoms with van der Waals surface area (Å²) in [4.78, 5) is 22.6. The Kier molecular flexibility index (Phi) is 5.93. The molecule has 3 rings (SSSR count). The van der Waals surface area contributed by atoms with Gasteiger partial charge in [-0.15, -0.1) is 0 Å². The van der Waals surface area contributed by atoms with Gasteiger partial charge in [0.15, 0.2) is 0 Å². The molecule has 1 aliphatic rings. The number of rotatable bonds is 6. The van der Waals surface area contributed by atoms with Crippen molar-refractivity contribution >= 4 is 28.9 Å². The Labute approximate surface area is 161 Å². The van der Waals surface area contributed by atoms with Gasteiger partial charge in [0.1, 0.15) is 5.69 Å². The molecular weight excluding hydrogens is 372 g/mol. The van der Waals surface area contributed by atoms with E-state index in [2.05, 4.69) is 10.1 Å². The summed E-state index contributed by atoms with van der Waals surface area (Å²) in [5, 5.41) is 14.6. The maximum absolute atomic E-state index is 11.7. The van der Waals surface area contributed by atoms with Crippen LogP contribution in [0.15, 0.2) is 42.5 Å². The summed E-state index contributed by atoms with van der Waals surface area (Å²) in [5.41, 5.74) is 1.07. The first-order chi connectivity index (χ1) is 13.0. The van der Waals surface area contributed by atoms with Gasteiger partial charge in [0.2, 0.25) is 0 Å². The summed E-state index contributed by atoms with van der Waals surface area (Å²) in [6.07, 6.45) is 0.775. The fourth-order valence-electron chi connectivity index (χ4n) is 3.22. The predicted octanol–water partition coefficient (Wildman–Crippen LogP) is 4.22. The first kappa shape index (κ1) is 19.1. The van der Waals surface area contributed by atoms with Crippen LogP contribution in [0.1, 0.15) is 28.4 Å². The molecule has 1 N–H and O–H groups in total. The number of nitrogens with zero attached hydrogens (tertiary/aromatic N) is 1. The van der Waals surface area contributed by atoms with E-state index in [1.165, 1.54) is 13.2 Å². The minimum Gasteiger partial charge on any atom is -0.465 e. The molecule has 142 valence electrons. The van der Waals surface area contributed by atoms with E-state index in [1.54, 1.807) is 0 Å². The maximum Gasteiger partial charge on any atom is 0.339 e. The molecule has 0 amide bonds. The second-order valence-electron chi connectivity index (χ2n) is 6.23. The van der Waals surface area contributed by atoms with Crippen molar-refractivity contribution in [2.24, 2.45) is 5.92 Å². The van der Waals surface area contributed by atoms with Crippen molar-refractivity contribution in [2.45, 2.75) is 12.5 Å². The van der Waals surface area contributed by atoms with Gasteiger partial charge in [-0.2, -0.15) is 0 Å². The van der Waals surface area contributed by atoms with Crippen molar-refractivity contribution in [3.63, 3.8) is 0 Å². The number of ether oxygens (including phenoxy) is 2. The summed E-state index contributed by atoms with van der Waals surface area (Å²) >= 11 is 6.11. The van der Waals surface area contributed by atoms with Gasteiger partial charge in [0.05, 0.1) is 28.7 Å². The smallest absolute Gasteiger partial charge is 0.339 e. The van der Waals surface area contributed by atoms with Gasteiger partial charge in [-0.3, -0.25) is 10.1 Å². The first-order valence-electron chi connectivity index (χ1n) is 8.48. The zero-order valence-corrected chi connectivity index (χ0v) is 15.4. The molecule has 8 heteroatoms. The van der Waals surface area contributed by atoms with Crippen LogP contribution in [-0.2, 0) is 9.47 Å². The Morgan fingerprint density at radius 2 is 2.11 bits per heavy atom. The third kappa shape index (κ3) is 4.20. The molecule has 2 aromatic carbocycles. The largest absolute Gasteiger partial charge is 0.465 e. The third-order valence-corrected chi connectivity index (χ3v) is 4.90. The summed E-state index contributed by atoms with van der Waals surface area (Å²) < 4.78 is 10.5. The van der Waals surface area contributed by atoms with Crippen LogP contribution < -0.4 is 5.32 Å². The van der Waals surface area contributed by atoms with E-state index in [9.17, 15) is 14.9 Å². The Morgan fingerprint density at radius 3 is 2.78 bits per heavy atom. The molecule has 0 aliphatic carbocycles. The number of nitrogens with one attached hydrogen (secondary N) is 1. The van der Waals surface area contributed by atoms with Crippen LogP contribution in [0.2, 0.25) is 5.02 Å². The van der Waals surface area contributed by atoms with Crippen molar-refractivity contribution in [3.8, 4) is 0 Å². The molecule has 1 saturated heterocycles. The lowest BCUT2D eigenvalue weighted by Gasteiger charge is -2.20. The minimum absolute atomic E-state index is 0.0391. The van der Waals surface area contributed by atoms with Crippen LogP contribution >= 0.6 is 11.6 Å². The van der Waals surface area contributed by atoms with Gasteiger partial charge < -0.3 is 14.8 Å². The van der Waals surface area contributed by atoms with E-state index in [0.717, 1.165) is 18.1 Å². The molecule has 1 aliphatic heterocycles. The van der Waals surface area contributed by atoms with E-state index in [0.29, 0.717) is 13.2 Å². The Bertz CT molecular complexity index is 843. The summed E-state index contributed by atoms with van der Waals surface area (Å²) in [6.45, 7) is 1.12. The highest BCUT2D eigenvalue weighted by Crippen LogP contribution is 2.36. The molecule has 0 saturated carbocycles. The van der Waals surface area contributed by atoms with Crippen LogP contribution in [0.3, 0.4) is 0 Å². The molecule has 2 unspecified atom stereocenters. The van der Waals surface area contributed by atoms with Crippen LogP contribution in [-0.4, -0.2) is 31.2 Å². The molecule has 1 fully saturated rings. The summed E-state index contributed by atoms with van der Waals surface area (Å²) in [7, 11) is 1.19. The molecule has 2 atom stereocenters. The van der Waals surface area contributed by atoms with Crippen LogP contribution in [0.25, 0.3) is 0 Å². The molecule has 0 spiro atoms. The molecule has 1 heterocycles. The summed E-state index contributed by atoms with van der Waals surface area (Å²) in [6, 6.07) is 12.4. The van der Waals surface area contributed by atoms with E-state index < -0.39 is 10.9 Å². The monoisotopic (exact) mass is 390 g/mol. The van der Waals surface area contributed by atoms with Crippen molar-refractivity contribution in [3.05, 3.63) is 68.7 Å². The molecule has 0 aromatic heterocycles. The van der Waals surface area contributed by atoms with Gasteiger partial charge in [0.25, 0.3) is 5.69 Å². The van der Waals surface area contributed by atoms with Gasteiger partial charge in [-0.1, -0.05) is 41.9 Å². The number of carbonyl (C=O) groups excluding carboxylic acids is 1. The number of benzene rings is 2. The number of carbonyl (C=O) groups is 1. The highest BCUT2D eigenvalue weighted by molar-refractivity contribution is 6.34. The van der Waals surface area contributed by atoms with E-state index in [4.69, 9.17) is 16.3 Å². The molecule has 0 radical (unpaired) electrons. The predicted molar refractivity (Wildman–Crippen MR) is 101 cm³/mol. The Morgan fingerprint density at radius 1 is 1.37 bits per heavy atom. The highest BCUT2D eigenvalue weighted by Gasteiger charge is 2.30. The average Bonchev–Trinajstić information content (AvgIpc) is 3.14. The van der Waals surface area contributed by atoms with Crippen LogP contribution in [0.4, 0.5) is 11.4 Å². The first-order valence-corrected chi connectivity index (χ1v) is 8.85. The Balaban J connectivity index is 1.80. The SMILES string of the molecule is COC(=O)c1cc([N+](=O)[O-])c(NCC2CCOC2c2ccccc2)cc1Cl. The fraction of sp³-hybridized carbons (Fsp3) is 0.316. The second kappa shape index (κ2) is 8.37. The quantitative estimate of drug-likeness (QED) is 0.451. The van der Waals surface area contributed by atoms with Crippen molar-refractivity contribution < 1.29 is 19.2 Å². The van der Waals surface area contributed by atoms with E-state index in [-0.39, 0.29) is 34.0 Å². The van der Waals surface area contributed by atoms with Crippen molar-refractivity contribution in [1.29, 1.82) is 0 Å². The number of methoxy groups -OCH3 is 1. The lowest BCUT2D eigenvalue weighted by atomic mass is 9.95. The standard InChI is InChI=1S/C19H19ClN2O5/c1-26-19(23)14-9-17(22(24)25)16(10-15(14)20)21-11-13-7-8-27-18(13)12-5-3-2-4-6-12/h2-6,9-10,13,18,21H,7-8,11H2,1H3. The summed E-state index contributed by atoms with van der Waals surface area (Å²) in [5.74, 6) is -0.561. The highest BCUT2D eigenvalue weighted by atomic mass is 35.5. The molecule has 2 aromatic rings. The number of nitro benzene ring substituents is 1. The van der Waals surface area contributed by atoms with Crippen molar-refractivity contribution in [2.75, 3.05) is 25.6 Å². The fourth-order valence-corrected chi connectivity index (χ4v) is 3.46. The average molecular weight is 391 g/mol. The van der Waals surface area contributed by atoms with Gasteiger partial charge in [-0.25, -0.2) is 4.79 Å². The minimum atomic E-state index is -0.719. The number of hydrogen-bond acceptors (Lipinski definition) is 6. The maximum atomic E-state index is 11.7. The molecule has 7 nitrogen and oxygen atoms in total. The molecule has 0 bridgehead atoms. The van der Waals surface area contributed by atoms with Gasteiger partial charge in [-0.05, 0) is 18.1 Å². The second-order valence-corrected chi connectivity index (χ2v) is 6.64. The number of nitro groups is 1. The number of halogens is 1. The zero-order chi connectivity index (χ0) is 19.4. The lowest BCUT2D eigenvalue weighted by molar-refractivity contribution is -0.384. The van der Waals surface area contributed by atoms with Crippen LogP contribution in [0.5, 0.6) is 0 Å². The number of esters is 1. The van der Waals surface area contributed by atoms with E-state index in [1.807, 2.05) is 30.3 Å². The third-order valence-electron chi connectivity index (χ3n) is 4.58. The number of anilines is 1. The van der Waals surface area contributed by atoms with E-state index >= 15 is 0 Å². The molecule has 27 heavy (non-hydrogen) atoms. The number of hydrogen-bond donors (Lipinski definition) is 1. The van der Waals surface area contributed by atoms with Gasteiger partial charge >= 0.3 is 5.97 Å². The topological polar surface area (TPSA) is 90.7 Å². The van der Waals surface area contributed by atoms with Gasteiger partial charge in [0, 0.05) is 25.1 Å².